The number of allylic oxidation sites excluding steroid dienone is 2. The average Bonchev–Trinajstić information content (AvgIpc) is 2.63. The second-order valence-corrected chi connectivity index (χ2v) is 3.91. The molecule has 3 heteroatoms. The van der Waals surface area contributed by atoms with Crippen molar-refractivity contribution < 1.29 is 14.6 Å². The zero-order chi connectivity index (χ0) is 10.1. The third kappa shape index (κ3) is 1.37. The Morgan fingerprint density at radius 2 is 2.43 bits per heavy atom. The van der Waals surface area contributed by atoms with Gasteiger partial charge < -0.3 is 14.6 Å². The summed E-state index contributed by atoms with van der Waals surface area (Å²) in [5.41, 5.74) is 2.29. The van der Waals surface area contributed by atoms with E-state index in [0.717, 1.165) is 12.0 Å². The molecule has 0 fully saturated rings. The lowest BCUT2D eigenvalue weighted by Gasteiger charge is -2.33. The highest BCUT2D eigenvalue weighted by atomic mass is 16.7. The first-order valence-electron chi connectivity index (χ1n) is 4.92. The van der Waals surface area contributed by atoms with E-state index in [4.69, 9.17) is 9.47 Å². The van der Waals surface area contributed by atoms with Crippen LogP contribution >= 0.6 is 0 Å². The van der Waals surface area contributed by atoms with Crippen LogP contribution in [0.25, 0.3) is 0 Å². The van der Waals surface area contributed by atoms with E-state index in [1.165, 1.54) is 5.57 Å². The molecule has 0 spiro atoms. The fourth-order valence-electron chi connectivity index (χ4n) is 2.37. The quantitative estimate of drug-likeness (QED) is 0.679. The summed E-state index contributed by atoms with van der Waals surface area (Å²) < 4.78 is 10.7. The van der Waals surface area contributed by atoms with Crippen molar-refractivity contribution in [1.29, 1.82) is 0 Å². The van der Waals surface area contributed by atoms with E-state index in [2.05, 4.69) is 13.0 Å². The molecule has 3 unspecified atom stereocenters. The van der Waals surface area contributed by atoms with Crippen LogP contribution in [0.5, 0.6) is 0 Å². The normalized spacial score (nSPS) is 35.8. The minimum Gasteiger partial charge on any atom is -0.472 e. The van der Waals surface area contributed by atoms with Gasteiger partial charge in [0.05, 0.1) is 18.8 Å². The Balaban J connectivity index is 2.24. The van der Waals surface area contributed by atoms with Gasteiger partial charge in [0.1, 0.15) is 0 Å². The van der Waals surface area contributed by atoms with E-state index in [-0.39, 0.29) is 18.8 Å². The summed E-state index contributed by atoms with van der Waals surface area (Å²) in [5, 5.41) is 9.21. The Kier molecular flexibility index (Phi) is 2.61. The van der Waals surface area contributed by atoms with Crippen LogP contribution in [0.4, 0.5) is 0 Å². The second kappa shape index (κ2) is 3.75. The van der Waals surface area contributed by atoms with E-state index >= 15 is 0 Å². The van der Waals surface area contributed by atoms with Crippen molar-refractivity contribution in [1.82, 2.24) is 0 Å². The van der Waals surface area contributed by atoms with Gasteiger partial charge in [0.25, 0.3) is 0 Å². The summed E-state index contributed by atoms with van der Waals surface area (Å²) >= 11 is 0. The van der Waals surface area contributed by atoms with Gasteiger partial charge in [-0.25, -0.2) is 0 Å². The van der Waals surface area contributed by atoms with E-state index in [1.54, 1.807) is 13.4 Å². The number of fused-ring (bicyclic) bond motifs is 1. The van der Waals surface area contributed by atoms with Gasteiger partial charge in [-0.2, -0.15) is 0 Å². The third-order valence-electron chi connectivity index (χ3n) is 3.18. The molecule has 2 rings (SSSR count). The Morgan fingerprint density at radius 3 is 3.07 bits per heavy atom. The van der Waals surface area contributed by atoms with Crippen molar-refractivity contribution in [2.75, 3.05) is 13.7 Å². The summed E-state index contributed by atoms with van der Waals surface area (Å²) in [4.78, 5) is 0. The summed E-state index contributed by atoms with van der Waals surface area (Å²) in [6, 6.07) is 0. The Morgan fingerprint density at radius 1 is 1.64 bits per heavy atom. The van der Waals surface area contributed by atoms with E-state index in [1.807, 2.05) is 0 Å². The van der Waals surface area contributed by atoms with Crippen molar-refractivity contribution in [2.45, 2.75) is 19.6 Å². The van der Waals surface area contributed by atoms with Crippen LogP contribution in [-0.2, 0) is 9.47 Å². The summed E-state index contributed by atoms with van der Waals surface area (Å²) in [5.74, 6) is 0.658. The van der Waals surface area contributed by atoms with Gasteiger partial charge in [-0.05, 0) is 30.4 Å². The monoisotopic (exact) mass is 196 g/mol. The minimum atomic E-state index is -0.232. The Labute approximate surface area is 84.0 Å². The molecule has 2 aliphatic rings. The highest BCUT2D eigenvalue weighted by molar-refractivity contribution is 5.25. The number of aliphatic hydroxyl groups excluding tert-OH is 1. The smallest absolute Gasteiger partial charge is 0.205 e. The van der Waals surface area contributed by atoms with Crippen LogP contribution in [0.2, 0.25) is 0 Å². The van der Waals surface area contributed by atoms with Gasteiger partial charge in [-0.3, -0.25) is 0 Å². The first kappa shape index (κ1) is 9.74. The van der Waals surface area contributed by atoms with Crippen LogP contribution in [-0.4, -0.2) is 25.1 Å². The molecular weight excluding hydrogens is 180 g/mol. The van der Waals surface area contributed by atoms with E-state index in [9.17, 15) is 5.11 Å². The zero-order valence-corrected chi connectivity index (χ0v) is 8.56. The predicted octanol–water partition coefficient (Wildman–Crippen LogP) is 1.45. The first-order chi connectivity index (χ1) is 6.77. The van der Waals surface area contributed by atoms with Crippen LogP contribution in [0.1, 0.15) is 13.3 Å². The highest BCUT2D eigenvalue weighted by Gasteiger charge is 2.40. The third-order valence-corrected chi connectivity index (χ3v) is 3.18. The van der Waals surface area contributed by atoms with Gasteiger partial charge in [-0.15, -0.1) is 0 Å². The molecular formula is C11H16O3. The standard InChI is InChI=1S/C11H16O3/c1-7-6-14-11(13-2)10-8(5-12)3-4-9(7)10/h3,6,9-12H,4-5H2,1-2H3. The molecule has 1 aliphatic heterocycles. The zero-order valence-electron chi connectivity index (χ0n) is 8.56. The largest absolute Gasteiger partial charge is 0.472 e. The van der Waals surface area contributed by atoms with Crippen LogP contribution in [0.3, 0.4) is 0 Å². The van der Waals surface area contributed by atoms with Gasteiger partial charge in [-0.1, -0.05) is 6.08 Å². The molecule has 78 valence electrons. The molecule has 0 aromatic rings. The number of hydrogen-bond acceptors (Lipinski definition) is 3. The maximum Gasteiger partial charge on any atom is 0.205 e. The molecule has 0 saturated heterocycles. The van der Waals surface area contributed by atoms with Crippen LogP contribution in [0, 0.1) is 11.8 Å². The number of hydrogen-bond donors (Lipinski definition) is 1. The van der Waals surface area contributed by atoms with E-state index < -0.39 is 0 Å². The molecule has 0 radical (unpaired) electrons. The molecule has 14 heavy (non-hydrogen) atoms. The fraction of sp³-hybridized carbons (Fsp3) is 0.636. The predicted molar refractivity (Wildman–Crippen MR) is 52.4 cm³/mol. The summed E-state index contributed by atoms with van der Waals surface area (Å²) in [6.07, 6.45) is 4.65. The highest BCUT2D eigenvalue weighted by Crippen LogP contribution is 2.42. The molecule has 0 aromatic heterocycles. The van der Waals surface area contributed by atoms with Crippen molar-refractivity contribution in [2.24, 2.45) is 11.8 Å². The molecule has 3 nitrogen and oxygen atoms in total. The van der Waals surface area contributed by atoms with E-state index in [0.29, 0.717) is 5.92 Å². The SMILES string of the molecule is COC1OC=C(C)C2CC=C(CO)C12. The minimum absolute atomic E-state index is 0.109. The number of aliphatic hydroxyl groups is 1. The molecule has 1 N–H and O–H groups in total. The molecule has 1 aliphatic carbocycles. The molecule has 3 atom stereocenters. The lowest BCUT2D eigenvalue weighted by Crippen LogP contribution is -2.34. The lowest BCUT2D eigenvalue weighted by atomic mass is 9.84. The van der Waals surface area contributed by atoms with Gasteiger partial charge in [0.15, 0.2) is 0 Å². The van der Waals surface area contributed by atoms with Crippen LogP contribution < -0.4 is 0 Å². The maximum atomic E-state index is 9.21. The number of ether oxygens (including phenoxy) is 2. The molecule has 0 saturated carbocycles. The van der Waals surface area contributed by atoms with Crippen molar-refractivity contribution in [3.8, 4) is 0 Å². The van der Waals surface area contributed by atoms with Gasteiger partial charge in [0.2, 0.25) is 6.29 Å². The van der Waals surface area contributed by atoms with Crippen molar-refractivity contribution in [3.63, 3.8) is 0 Å². The van der Waals surface area contributed by atoms with Gasteiger partial charge in [0, 0.05) is 7.11 Å². The molecule has 0 aromatic carbocycles. The lowest BCUT2D eigenvalue weighted by molar-refractivity contribution is -0.129. The maximum absolute atomic E-state index is 9.21. The summed E-state index contributed by atoms with van der Waals surface area (Å²) in [7, 11) is 1.64. The first-order valence-corrected chi connectivity index (χ1v) is 4.92. The fourth-order valence-corrected chi connectivity index (χ4v) is 2.37. The van der Waals surface area contributed by atoms with Crippen molar-refractivity contribution in [3.05, 3.63) is 23.5 Å². The van der Waals surface area contributed by atoms with Crippen molar-refractivity contribution >= 4 is 0 Å². The molecule has 1 heterocycles. The number of rotatable bonds is 2. The number of methoxy groups -OCH3 is 1. The Bertz CT molecular complexity index is 280. The average molecular weight is 196 g/mol. The molecule has 0 bridgehead atoms. The molecule has 0 amide bonds. The Hall–Kier alpha value is -0.800. The summed E-state index contributed by atoms with van der Waals surface area (Å²) in [6.45, 7) is 2.18. The topological polar surface area (TPSA) is 38.7 Å². The van der Waals surface area contributed by atoms with Crippen LogP contribution in [0.15, 0.2) is 23.5 Å². The van der Waals surface area contributed by atoms with Gasteiger partial charge >= 0.3 is 0 Å². The second-order valence-electron chi connectivity index (χ2n) is 3.91.